The molecule has 3 aromatic rings. The number of aromatic nitrogens is 1. The van der Waals surface area contributed by atoms with Crippen molar-refractivity contribution in [2.45, 2.75) is 38.0 Å². The summed E-state index contributed by atoms with van der Waals surface area (Å²) in [5.41, 5.74) is 1.77. The van der Waals surface area contributed by atoms with Crippen molar-refractivity contribution in [1.82, 2.24) is 4.98 Å². The summed E-state index contributed by atoms with van der Waals surface area (Å²) in [6.07, 6.45) is 1.50. The van der Waals surface area contributed by atoms with Crippen molar-refractivity contribution in [3.63, 3.8) is 0 Å². The fourth-order valence-electron chi connectivity index (χ4n) is 3.44. The molecule has 0 fully saturated rings. The van der Waals surface area contributed by atoms with E-state index in [1.54, 1.807) is 30.5 Å². The van der Waals surface area contributed by atoms with Crippen molar-refractivity contribution >= 4 is 44.0 Å². The number of sulfonamides is 1. The van der Waals surface area contributed by atoms with Crippen molar-refractivity contribution in [3.8, 4) is 0 Å². The van der Waals surface area contributed by atoms with Crippen molar-refractivity contribution in [2.75, 3.05) is 9.62 Å². The second-order valence-electron chi connectivity index (χ2n) is 8.32. The third-order valence-electron chi connectivity index (χ3n) is 5.13. The van der Waals surface area contributed by atoms with Gasteiger partial charge in [0.25, 0.3) is 21.8 Å². The Hall–Kier alpha value is -3.04. The first-order valence-electron chi connectivity index (χ1n) is 9.56. The zero-order valence-electron chi connectivity index (χ0n) is 17.5. The van der Waals surface area contributed by atoms with Crippen molar-refractivity contribution in [1.29, 1.82) is 0 Å². The zero-order valence-corrected chi connectivity index (χ0v) is 19.1. The molecule has 1 aliphatic heterocycles. The van der Waals surface area contributed by atoms with Gasteiger partial charge in [-0.05, 0) is 41.7 Å². The van der Waals surface area contributed by atoms with Crippen molar-refractivity contribution < 1.29 is 18.0 Å². The Kier molecular flexibility index (Phi) is 4.98. The minimum Gasteiger partial charge on any atom is -0.279 e. The number of benzene rings is 2. The van der Waals surface area contributed by atoms with Gasteiger partial charge in [0, 0.05) is 11.6 Å². The molecule has 0 unspecified atom stereocenters. The second kappa shape index (κ2) is 7.28. The molecule has 0 atom stereocenters. The van der Waals surface area contributed by atoms with Crippen LogP contribution in [0.15, 0.2) is 52.9 Å². The minimum atomic E-state index is -3.97. The van der Waals surface area contributed by atoms with Gasteiger partial charge in [-0.1, -0.05) is 39.0 Å². The molecule has 1 aliphatic rings. The van der Waals surface area contributed by atoms with Crippen molar-refractivity contribution in [3.05, 3.63) is 70.2 Å². The molecule has 160 valence electrons. The normalized spacial score (nSPS) is 14.1. The van der Waals surface area contributed by atoms with Crippen LogP contribution in [0.25, 0.3) is 0 Å². The number of anilines is 2. The topological polar surface area (TPSA) is 96.4 Å². The largest absolute Gasteiger partial charge is 0.279 e. The van der Waals surface area contributed by atoms with Gasteiger partial charge in [-0.3, -0.25) is 14.3 Å². The monoisotopic (exact) mass is 455 g/mol. The molecule has 0 aliphatic carbocycles. The lowest BCUT2D eigenvalue weighted by Crippen LogP contribution is -2.29. The quantitative estimate of drug-likeness (QED) is 0.590. The van der Waals surface area contributed by atoms with Crippen LogP contribution >= 0.6 is 11.3 Å². The van der Waals surface area contributed by atoms with E-state index in [4.69, 9.17) is 0 Å². The molecule has 0 spiro atoms. The van der Waals surface area contributed by atoms with Crippen LogP contribution in [-0.2, 0) is 15.4 Å². The summed E-state index contributed by atoms with van der Waals surface area (Å²) in [5, 5.41) is 1.91. The van der Waals surface area contributed by atoms with Gasteiger partial charge in [0.15, 0.2) is 5.13 Å². The number of thiazole rings is 1. The molecule has 0 radical (unpaired) electrons. The summed E-state index contributed by atoms with van der Waals surface area (Å²) in [4.78, 5) is 31.1. The molecule has 4 rings (SSSR count). The van der Waals surface area contributed by atoms with Gasteiger partial charge in [-0.2, -0.15) is 0 Å². The maximum absolute atomic E-state index is 13.1. The molecular formula is C22H21N3O4S2. The molecule has 1 aromatic heterocycles. The van der Waals surface area contributed by atoms with Crippen LogP contribution < -0.4 is 9.62 Å². The number of fused-ring (bicyclic) bond motifs is 1. The molecule has 1 N–H and O–H groups in total. The van der Waals surface area contributed by atoms with Gasteiger partial charge in [-0.25, -0.2) is 18.3 Å². The first-order valence-corrected chi connectivity index (χ1v) is 11.9. The number of aryl methyl sites for hydroxylation is 1. The second-order valence-corrected chi connectivity index (χ2v) is 10.9. The van der Waals surface area contributed by atoms with Gasteiger partial charge in [0.1, 0.15) is 0 Å². The Bertz CT molecular complexity index is 1290. The number of imide groups is 1. The van der Waals surface area contributed by atoms with E-state index >= 15 is 0 Å². The molecule has 2 heterocycles. The molecular weight excluding hydrogens is 434 g/mol. The Morgan fingerprint density at radius 3 is 2.19 bits per heavy atom. The number of nitrogens with zero attached hydrogens (tertiary/aromatic N) is 2. The van der Waals surface area contributed by atoms with Crippen LogP contribution in [0.4, 0.5) is 10.8 Å². The highest BCUT2D eigenvalue weighted by Crippen LogP contribution is 2.36. The predicted octanol–water partition coefficient (Wildman–Crippen LogP) is 4.35. The van der Waals surface area contributed by atoms with E-state index in [0.29, 0.717) is 5.56 Å². The minimum absolute atomic E-state index is 0.0371. The summed E-state index contributed by atoms with van der Waals surface area (Å²) in [6, 6.07) is 9.74. The number of nitrogens with one attached hydrogen (secondary N) is 1. The van der Waals surface area contributed by atoms with Crippen LogP contribution in [-0.4, -0.2) is 25.2 Å². The number of carbonyl (C=O) groups excluding carboxylic acids is 2. The number of rotatable bonds is 4. The Balaban J connectivity index is 1.73. The molecule has 0 saturated heterocycles. The summed E-state index contributed by atoms with van der Waals surface area (Å²) in [6.45, 7) is 7.84. The van der Waals surface area contributed by atoms with Gasteiger partial charge < -0.3 is 0 Å². The standard InChI is InChI=1S/C22H21N3O4S2/c1-13-5-10-16(18-17(13)19(26)25(20(18)27)21-23-11-12-30-21)24-31(28,29)15-8-6-14(7-9-15)22(2,3)4/h5-12,24H,1-4H3. The van der Waals surface area contributed by atoms with Crippen molar-refractivity contribution in [2.24, 2.45) is 0 Å². The van der Waals surface area contributed by atoms with Gasteiger partial charge >= 0.3 is 0 Å². The smallest absolute Gasteiger partial charge is 0.270 e. The maximum Gasteiger partial charge on any atom is 0.270 e. The van der Waals surface area contributed by atoms with E-state index in [-0.39, 0.29) is 32.3 Å². The number of hydrogen-bond acceptors (Lipinski definition) is 6. The Morgan fingerprint density at radius 2 is 1.61 bits per heavy atom. The van der Waals surface area contributed by atoms with Crippen LogP contribution in [0.2, 0.25) is 0 Å². The first kappa shape index (κ1) is 21.2. The van der Waals surface area contributed by atoms with E-state index in [0.717, 1.165) is 21.8 Å². The van der Waals surface area contributed by atoms with E-state index in [2.05, 4.69) is 9.71 Å². The average molecular weight is 456 g/mol. The molecule has 0 bridgehead atoms. The van der Waals surface area contributed by atoms with Crippen LogP contribution in [0.5, 0.6) is 0 Å². The van der Waals surface area contributed by atoms with Crippen LogP contribution in [0.1, 0.15) is 52.6 Å². The molecule has 2 aromatic carbocycles. The highest BCUT2D eigenvalue weighted by Gasteiger charge is 2.41. The lowest BCUT2D eigenvalue weighted by Gasteiger charge is -2.19. The van der Waals surface area contributed by atoms with E-state index in [1.807, 2.05) is 20.8 Å². The SMILES string of the molecule is Cc1ccc(NS(=O)(=O)c2ccc(C(C)(C)C)cc2)c2c1C(=O)N(c1nccs1)C2=O. The third-order valence-corrected chi connectivity index (χ3v) is 7.27. The molecule has 9 heteroatoms. The average Bonchev–Trinajstić information content (AvgIpc) is 3.30. The fraction of sp³-hybridized carbons (Fsp3) is 0.227. The van der Waals surface area contributed by atoms with E-state index in [1.165, 1.54) is 24.4 Å². The number of hydrogen-bond donors (Lipinski definition) is 1. The lowest BCUT2D eigenvalue weighted by atomic mass is 9.87. The number of amides is 2. The molecule has 2 amide bonds. The van der Waals surface area contributed by atoms with Gasteiger partial charge in [0.2, 0.25) is 0 Å². The van der Waals surface area contributed by atoms with E-state index < -0.39 is 21.8 Å². The highest BCUT2D eigenvalue weighted by molar-refractivity contribution is 7.92. The third kappa shape index (κ3) is 3.64. The summed E-state index contributed by atoms with van der Waals surface area (Å²) in [7, 11) is -3.97. The molecule has 31 heavy (non-hydrogen) atoms. The Morgan fingerprint density at radius 1 is 0.968 bits per heavy atom. The molecule has 0 saturated carbocycles. The molecule has 7 nitrogen and oxygen atoms in total. The highest BCUT2D eigenvalue weighted by atomic mass is 32.2. The van der Waals surface area contributed by atoms with Gasteiger partial charge in [-0.15, -0.1) is 11.3 Å². The van der Waals surface area contributed by atoms with Gasteiger partial charge in [0.05, 0.1) is 21.7 Å². The number of carbonyl (C=O) groups is 2. The first-order chi connectivity index (χ1) is 14.5. The van der Waals surface area contributed by atoms with Crippen LogP contribution in [0, 0.1) is 6.92 Å². The Labute approximate surface area is 184 Å². The maximum atomic E-state index is 13.1. The lowest BCUT2D eigenvalue weighted by molar-refractivity contribution is 0.0926. The predicted molar refractivity (Wildman–Crippen MR) is 120 cm³/mol. The zero-order chi connectivity index (χ0) is 22.6. The summed E-state index contributed by atoms with van der Waals surface area (Å²) in [5.74, 6) is -1.11. The summed E-state index contributed by atoms with van der Waals surface area (Å²) >= 11 is 1.16. The fourth-order valence-corrected chi connectivity index (χ4v) is 5.15. The van der Waals surface area contributed by atoms with E-state index in [9.17, 15) is 18.0 Å². The summed E-state index contributed by atoms with van der Waals surface area (Å²) < 4.78 is 28.5. The van der Waals surface area contributed by atoms with Crippen LogP contribution in [0.3, 0.4) is 0 Å².